The van der Waals surface area contributed by atoms with Crippen molar-refractivity contribution < 1.29 is 9.53 Å². The number of hydrogen-bond donors (Lipinski definition) is 0. The number of aliphatic imine (C=N–C) groups is 1. The van der Waals surface area contributed by atoms with Gasteiger partial charge < -0.3 is 9.64 Å². The number of thiophene rings is 1. The molecule has 0 aliphatic carbocycles. The number of carbonyl (C=O) groups excluding carboxylic acids is 1. The SMILES string of the molecule is CCOC(=O)c1sc(C)c(C#N)c1N=CN(C)C. The molecule has 0 aliphatic heterocycles. The molecule has 0 saturated heterocycles. The predicted molar refractivity (Wildman–Crippen MR) is 71.6 cm³/mol. The van der Waals surface area contributed by atoms with E-state index in [4.69, 9.17) is 10.00 Å². The van der Waals surface area contributed by atoms with Gasteiger partial charge in [-0.1, -0.05) is 0 Å². The number of carbonyl (C=O) groups is 1. The van der Waals surface area contributed by atoms with E-state index < -0.39 is 5.97 Å². The Balaban J connectivity index is 3.26. The van der Waals surface area contributed by atoms with E-state index >= 15 is 0 Å². The van der Waals surface area contributed by atoms with Gasteiger partial charge in [0, 0.05) is 19.0 Å². The highest BCUT2D eigenvalue weighted by Crippen LogP contribution is 2.35. The van der Waals surface area contributed by atoms with E-state index in [0.717, 1.165) is 4.88 Å². The van der Waals surface area contributed by atoms with Crippen LogP contribution in [-0.2, 0) is 4.74 Å². The maximum atomic E-state index is 11.8. The quantitative estimate of drug-likeness (QED) is 0.476. The molecule has 0 bridgehead atoms. The van der Waals surface area contributed by atoms with Crippen LogP contribution in [0.2, 0.25) is 0 Å². The molecule has 0 fully saturated rings. The Kier molecular flexibility index (Phi) is 4.86. The van der Waals surface area contributed by atoms with Crippen molar-refractivity contribution in [1.82, 2.24) is 4.90 Å². The van der Waals surface area contributed by atoms with Crippen LogP contribution in [0.15, 0.2) is 4.99 Å². The summed E-state index contributed by atoms with van der Waals surface area (Å²) in [6, 6.07) is 2.08. The van der Waals surface area contributed by atoms with Crippen LogP contribution in [0.4, 0.5) is 5.69 Å². The molecule has 1 aromatic heterocycles. The molecule has 0 aromatic carbocycles. The first-order valence-corrected chi connectivity index (χ1v) is 6.24. The minimum Gasteiger partial charge on any atom is -0.462 e. The molecule has 0 aliphatic rings. The summed E-state index contributed by atoms with van der Waals surface area (Å²) in [5.74, 6) is -0.432. The molecule has 0 amide bonds. The van der Waals surface area contributed by atoms with E-state index in [-0.39, 0.29) is 0 Å². The van der Waals surface area contributed by atoms with Gasteiger partial charge in [-0.05, 0) is 13.8 Å². The number of ether oxygens (including phenoxy) is 1. The second-order valence-electron chi connectivity index (χ2n) is 3.75. The first kappa shape index (κ1) is 14.2. The lowest BCUT2D eigenvalue weighted by molar-refractivity contribution is 0.0533. The largest absolute Gasteiger partial charge is 0.462 e. The van der Waals surface area contributed by atoms with Crippen LogP contribution in [0.1, 0.15) is 27.0 Å². The number of rotatable bonds is 4. The Morgan fingerprint density at radius 2 is 2.28 bits per heavy atom. The summed E-state index contributed by atoms with van der Waals surface area (Å²) in [5.41, 5.74) is 0.827. The lowest BCUT2D eigenvalue weighted by Gasteiger charge is -2.03. The number of nitrogens with zero attached hydrogens (tertiary/aromatic N) is 3. The molecule has 0 saturated carbocycles. The molecule has 1 rings (SSSR count). The summed E-state index contributed by atoms with van der Waals surface area (Å²) < 4.78 is 4.96. The topological polar surface area (TPSA) is 65.7 Å². The van der Waals surface area contributed by atoms with Gasteiger partial charge in [-0.3, -0.25) is 0 Å². The third-order valence-corrected chi connectivity index (χ3v) is 3.12. The fourth-order valence-corrected chi connectivity index (χ4v) is 2.24. The first-order chi connectivity index (χ1) is 8.51. The van der Waals surface area contributed by atoms with E-state index in [1.165, 1.54) is 11.3 Å². The van der Waals surface area contributed by atoms with Crippen molar-refractivity contribution in [3.05, 3.63) is 15.3 Å². The lowest BCUT2D eigenvalue weighted by Crippen LogP contribution is -2.08. The van der Waals surface area contributed by atoms with Crippen molar-refractivity contribution in [2.24, 2.45) is 4.99 Å². The molecular weight excluding hydrogens is 250 g/mol. The van der Waals surface area contributed by atoms with Gasteiger partial charge in [0.05, 0.1) is 18.5 Å². The summed E-state index contributed by atoms with van der Waals surface area (Å²) >= 11 is 1.24. The van der Waals surface area contributed by atoms with Gasteiger partial charge in [-0.15, -0.1) is 11.3 Å². The Bertz CT molecular complexity index is 512. The van der Waals surface area contributed by atoms with E-state index in [9.17, 15) is 4.79 Å². The molecule has 0 unspecified atom stereocenters. The van der Waals surface area contributed by atoms with Crippen LogP contribution in [0.5, 0.6) is 0 Å². The van der Waals surface area contributed by atoms with Gasteiger partial charge in [0.15, 0.2) is 0 Å². The highest BCUT2D eigenvalue weighted by Gasteiger charge is 2.21. The van der Waals surface area contributed by atoms with Gasteiger partial charge in [0.1, 0.15) is 16.6 Å². The van der Waals surface area contributed by atoms with Gasteiger partial charge in [0.2, 0.25) is 0 Å². The molecular formula is C12H15N3O2S. The van der Waals surface area contributed by atoms with Crippen molar-refractivity contribution in [3.8, 4) is 6.07 Å². The number of nitriles is 1. The normalized spacial score (nSPS) is 10.4. The van der Waals surface area contributed by atoms with Crippen molar-refractivity contribution in [3.63, 3.8) is 0 Å². The third-order valence-electron chi connectivity index (χ3n) is 2.05. The van der Waals surface area contributed by atoms with Gasteiger partial charge in [0.25, 0.3) is 0 Å². The van der Waals surface area contributed by atoms with Crippen LogP contribution in [0.25, 0.3) is 0 Å². The predicted octanol–water partition coefficient (Wildman–Crippen LogP) is 2.33. The Morgan fingerprint density at radius 1 is 1.61 bits per heavy atom. The number of hydrogen-bond acceptors (Lipinski definition) is 5. The highest BCUT2D eigenvalue weighted by molar-refractivity contribution is 7.14. The highest BCUT2D eigenvalue weighted by atomic mass is 32.1. The van der Waals surface area contributed by atoms with Crippen LogP contribution < -0.4 is 0 Å². The Hall–Kier alpha value is -1.87. The minimum atomic E-state index is -0.432. The van der Waals surface area contributed by atoms with Gasteiger partial charge in [-0.25, -0.2) is 9.79 Å². The van der Waals surface area contributed by atoms with E-state index in [0.29, 0.717) is 22.7 Å². The second kappa shape index (κ2) is 6.17. The molecule has 6 heteroatoms. The van der Waals surface area contributed by atoms with Crippen LogP contribution in [0, 0.1) is 18.3 Å². The summed E-state index contributed by atoms with van der Waals surface area (Å²) in [4.78, 5) is 18.9. The van der Waals surface area contributed by atoms with E-state index in [2.05, 4.69) is 11.1 Å². The molecule has 18 heavy (non-hydrogen) atoms. The molecule has 0 radical (unpaired) electrons. The average molecular weight is 265 g/mol. The van der Waals surface area contributed by atoms with E-state index in [1.54, 1.807) is 25.1 Å². The second-order valence-corrected chi connectivity index (χ2v) is 4.98. The van der Waals surface area contributed by atoms with E-state index in [1.807, 2.05) is 14.1 Å². The van der Waals surface area contributed by atoms with Crippen molar-refractivity contribution in [2.45, 2.75) is 13.8 Å². The van der Waals surface area contributed by atoms with Crippen LogP contribution in [-0.4, -0.2) is 37.9 Å². The van der Waals surface area contributed by atoms with Crippen molar-refractivity contribution >= 4 is 29.3 Å². The third kappa shape index (κ3) is 3.08. The Labute approximate surface area is 110 Å². The monoisotopic (exact) mass is 265 g/mol. The molecule has 0 atom stereocenters. The van der Waals surface area contributed by atoms with Gasteiger partial charge >= 0.3 is 5.97 Å². The molecule has 5 nitrogen and oxygen atoms in total. The summed E-state index contributed by atoms with van der Waals surface area (Å²) in [5, 5.41) is 9.11. The zero-order valence-electron chi connectivity index (χ0n) is 10.9. The lowest BCUT2D eigenvalue weighted by atomic mass is 10.2. The molecule has 1 heterocycles. The zero-order chi connectivity index (χ0) is 13.7. The van der Waals surface area contributed by atoms with Crippen LogP contribution >= 0.6 is 11.3 Å². The fourth-order valence-electron chi connectivity index (χ4n) is 1.30. The van der Waals surface area contributed by atoms with Crippen molar-refractivity contribution in [1.29, 1.82) is 5.26 Å². The van der Waals surface area contributed by atoms with Gasteiger partial charge in [-0.2, -0.15) is 5.26 Å². The first-order valence-electron chi connectivity index (χ1n) is 5.42. The summed E-state index contributed by atoms with van der Waals surface area (Å²) in [7, 11) is 3.64. The van der Waals surface area contributed by atoms with Crippen molar-refractivity contribution in [2.75, 3.05) is 20.7 Å². The zero-order valence-corrected chi connectivity index (χ0v) is 11.7. The molecule has 96 valence electrons. The molecule has 0 spiro atoms. The molecule has 0 N–H and O–H groups in total. The summed E-state index contributed by atoms with van der Waals surface area (Å²) in [6.07, 6.45) is 1.56. The average Bonchev–Trinajstić information content (AvgIpc) is 2.63. The molecule has 1 aromatic rings. The minimum absolute atomic E-state index is 0.300. The maximum absolute atomic E-state index is 11.8. The number of aryl methyl sites for hydroxylation is 1. The fraction of sp³-hybridized carbons (Fsp3) is 0.417. The van der Waals surface area contributed by atoms with Crippen LogP contribution in [0.3, 0.4) is 0 Å². The Morgan fingerprint density at radius 3 is 2.78 bits per heavy atom. The summed E-state index contributed by atoms with van der Waals surface area (Å²) in [6.45, 7) is 3.83. The number of esters is 1. The standard InChI is InChI=1S/C12H15N3O2S/c1-5-17-12(16)11-10(14-7-15(3)4)9(6-13)8(2)18-11/h7H,5H2,1-4H3. The smallest absolute Gasteiger partial charge is 0.350 e. The maximum Gasteiger partial charge on any atom is 0.350 e.